The summed E-state index contributed by atoms with van der Waals surface area (Å²) in [6, 6.07) is 4.97. The molecular weight excluding hydrogens is 165 g/mol. The molecule has 0 aromatic heterocycles. The highest BCUT2D eigenvalue weighted by molar-refractivity contribution is 5.56. The van der Waals surface area contributed by atoms with Crippen LogP contribution in [0.5, 0.6) is 0 Å². The summed E-state index contributed by atoms with van der Waals surface area (Å²) in [6.45, 7) is 5.30. The first-order valence-corrected chi connectivity index (χ1v) is 4.63. The first-order chi connectivity index (χ1) is 6.09. The second kappa shape index (κ2) is 2.72. The van der Waals surface area contributed by atoms with Gasteiger partial charge in [-0.25, -0.2) is 4.39 Å². The molecule has 0 saturated heterocycles. The molecule has 0 saturated carbocycles. The third-order valence-corrected chi connectivity index (χ3v) is 2.78. The predicted octanol–water partition coefficient (Wildman–Crippen LogP) is 2.92. The average molecular weight is 179 g/mol. The molecule has 2 heteroatoms. The Morgan fingerprint density at radius 2 is 2.15 bits per heavy atom. The molecule has 2 rings (SSSR count). The smallest absolute Gasteiger partial charge is 0.123 e. The third kappa shape index (κ3) is 1.41. The summed E-state index contributed by atoms with van der Waals surface area (Å²) in [5.74, 6) is -0.143. The number of benzene rings is 1. The van der Waals surface area contributed by atoms with E-state index in [4.69, 9.17) is 0 Å². The Kier molecular flexibility index (Phi) is 1.79. The summed E-state index contributed by atoms with van der Waals surface area (Å²) < 4.78 is 13.0. The van der Waals surface area contributed by atoms with Crippen molar-refractivity contribution in [3.05, 3.63) is 29.6 Å². The van der Waals surface area contributed by atoms with Crippen molar-refractivity contribution in [2.24, 2.45) is 0 Å². The molecule has 1 nitrogen and oxygen atoms in total. The van der Waals surface area contributed by atoms with Crippen molar-refractivity contribution in [2.45, 2.75) is 25.7 Å². The molecule has 13 heavy (non-hydrogen) atoms. The largest absolute Gasteiger partial charge is 0.385 e. The fourth-order valence-electron chi connectivity index (χ4n) is 1.87. The summed E-state index contributed by atoms with van der Waals surface area (Å²) in [6.07, 6.45) is 1.06. The van der Waals surface area contributed by atoms with Crippen LogP contribution in [0.2, 0.25) is 0 Å². The molecule has 0 unspecified atom stereocenters. The van der Waals surface area contributed by atoms with Crippen LogP contribution in [-0.2, 0) is 5.41 Å². The van der Waals surface area contributed by atoms with Crippen LogP contribution in [0.4, 0.5) is 10.1 Å². The molecule has 0 aliphatic carbocycles. The predicted molar refractivity (Wildman–Crippen MR) is 52.5 cm³/mol. The molecule has 1 N–H and O–H groups in total. The Morgan fingerprint density at radius 3 is 2.92 bits per heavy atom. The Morgan fingerprint density at radius 1 is 1.38 bits per heavy atom. The summed E-state index contributed by atoms with van der Waals surface area (Å²) in [5.41, 5.74) is 2.28. The minimum absolute atomic E-state index is 0.0999. The highest BCUT2D eigenvalue weighted by Crippen LogP contribution is 2.36. The zero-order valence-corrected chi connectivity index (χ0v) is 8.02. The van der Waals surface area contributed by atoms with Crippen molar-refractivity contribution in [1.82, 2.24) is 0 Å². The molecule has 0 radical (unpaired) electrons. The topological polar surface area (TPSA) is 12.0 Å². The monoisotopic (exact) mass is 179 g/mol. The molecule has 0 fully saturated rings. The summed E-state index contributed by atoms with van der Waals surface area (Å²) >= 11 is 0. The van der Waals surface area contributed by atoms with Crippen LogP contribution in [0, 0.1) is 5.82 Å². The molecule has 0 atom stereocenters. The summed E-state index contributed by atoms with van der Waals surface area (Å²) in [4.78, 5) is 0. The Labute approximate surface area is 78.0 Å². The SMILES string of the molecule is CC1(C)CCNc2ccc(F)cc21. The lowest BCUT2D eigenvalue weighted by Crippen LogP contribution is -2.28. The number of halogens is 1. The number of hydrogen-bond acceptors (Lipinski definition) is 1. The van der Waals surface area contributed by atoms with Crippen molar-refractivity contribution in [3.8, 4) is 0 Å². The van der Waals surface area contributed by atoms with Crippen LogP contribution in [0.3, 0.4) is 0 Å². The van der Waals surface area contributed by atoms with Gasteiger partial charge in [-0.1, -0.05) is 13.8 Å². The normalized spacial score (nSPS) is 19.0. The van der Waals surface area contributed by atoms with E-state index in [0.717, 1.165) is 24.2 Å². The molecule has 1 aromatic rings. The third-order valence-electron chi connectivity index (χ3n) is 2.78. The second-order valence-corrected chi connectivity index (χ2v) is 4.25. The van der Waals surface area contributed by atoms with Gasteiger partial charge < -0.3 is 5.32 Å². The quantitative estimate of drug-likeness (QED) is 0.645. The molecule has 1 aliphatic rings. The van der Waals surface area contributed by atoms with E-state index in [9.17, 15) is 4.39 Å². The number of fused-ring (bicyclic) bond motifs is 1. The first kappa shape index (κ1) is 8.54. The number of nitrogens with one attached hydrogen (secondary N) is 1. The zero-order valence-electron chi connectivity index (χ0n) is 8.02. The fourth-order valence-corrected chi connectivity index (χ4v) is 1.87. The van der Waals surface area contributed by atoms with E-state index >= 15 is 0 Å². The summed E-state index contributed by atoms with van der Waals surface area (Å²) in [7, 11) is 0. The van der Waals surface area contributed by atoms with E-state index in [0.29, 0.717) is 0 Å². The van der Waals surface area contributed by atoms with Gasteiger partial charge in [0.15, 0.2) is 0 Å². The maximum absolute atomic E-state index is 13.0. The van der Waals surface area contributed by atoms with Gasteiger partial charge in [0, 0.05) is 12.2 Å². The highest BCUT2D eigenvalue weighted by Gasteiger charge is 2.27. The van der Waals surface area contributed by atoms with Gasteiger partial charge in [-0.3, -0.25) is 0 Å². The van der Waals surface area contributed by atoms with E-state index in [1.807, 2.05) is 6.07 Å². The molecule has 0 spiro atoms. The lowest BCUT2D eigenvalue weighted by atomic mass is 9.78. The molecule has 0 bridgehead atoms. The van der Waals surface area contributed by atoms with Gasteiger partial charge in [0.1, 0.15) is 5.82 Å². The summed E-state index contributed by atoms with van der Waals surface area (Å²) in [5, 5.41) is 3.28. The van der Waals surface area contributed by atoms with Gasteiger partial charge in [0.2, 0.25) is 0 Å². The minimum atomic E-state index is -0.143. The Hall–Kier alpha value is -1.05. The molecule has 1 aliphatic heterocycles. The minimum Gasteiger partial charge on any atom is -0.385 e. The van der Waals surface area contributed by atoms with Crippen LogP contribution in [0.25, 0.3) is 0 Å². The lowest BCUT2D eigenvalue weighted by molar-refractivity contribution is 0.477. The van der Waals surface area contributed by atoms with Gasteiger partial charge in [0.25, 0.3) is 0 Å². The molecule has 70 valence electrons. The Balaban J connectivity index is 2.55. The van der Waals surface area contributed by atoms with Crippen LogP contribution >= 0.6 is 0 Å². The van der Waals surface area contributed by atoms with Crippen LogP contribution < -0.4 is 5.32 Å². The van der Waals surface area contributed by atoms with E-state index < -0.39 is 0 Å². The number of rotatable bonds is 0. The zero-order chi connectivity index (χ0) is 9.47. The van der Waals surface area contributed by atoms with Gasteiger partial charge in [-0.2, -0.15) is 0 Å². The van der Waals surface area contributed by atoms with Crippen LogP contribution in [0.15, 0.2) is 18.2 Å². The highest BCUT2D eigenvalue weighted by atomic mass is 19.1. The van der Waals surface area contributed by atoms with Gasteiger partial charge in [-0.05, 0) is 35.6 Å². The van der Waals surface area contributed by atoms with Gasteiger partial charge >= 0.3 is 0 Å². The van der Waals surface area contributed by atoms with Crippen molar-refractivity contribution in [1.29, 1.82) is 0 Å². The van der Waals surface area contributed by atoms with Gasteiger partial charge in [-0.15, -0.1) is 0 Å². The molecular formula is C11H14FN. The van der Waals surface area contributed by atoms with E-state index in [2.05, 4.69) is 19.2 Å². The van der Waals surface area contributed by atoms with Crippen molar-refractivity contribution in [2.75, 3.05) is 11.9 Å². The van der Waals surface area contributed by atoms with E-state index in [1.54, 1.807) is 6.07 Å². The van der Waals surface area contributed by atoms with Gasteiger partial charge in [0.05, 0.1) is 0 Å². The molecule has 0 amide bonds. The lowest BCUT2D eigenvalue weighted by Gasteiger charge is -2.33. The average Bonchev–Trinajstić information content (AvgIpc) is 2.06. The Bertz CT molecular complexity index is 331. The van der Waals surface area contributed by atoms with E-state index in [-0.39, 0.29) is 11.2 Å². The number of anilines is 1. The number of hydrogen-bond donors (Lipinski definition) is 1. The molecule has 1 aromatic carbocycles. The standard InChI is InChI=1S/C11H14FN/c1-11(2)5-6-13-10-4-3-8(12)7-9(10)11/h3-4,7,13H,5-6H2,1-2H3. The van der Waals surface area contributed by atoms with Crippen LogP contribution in [0.1, 0.15) is 25.8 Å². The van der Waals surface area contributed by atoms with Crippen molar-refractivity contribution in [3.63, 3.8) is 0 Å². The van der Waals surface area contributed by atoms with Crippen molar-refractivity contribution >= 4 is 5.69 Å². The molecule has 1 heterocycles. The fraction of sp³-hybridized carbons (Fsp3) is 0.455. The van der Waals surface area contributed by atoms with Crippen LogP contribution in [-0.4, -0.2) is 6.54 Å². The van der Waals surface area contributed by atoms with E-state index in [1.165, 1.54) is 6.07 Å². The second-order valence-electron chi connectivity index (χ2n) is 4.25. The maximum atomic E-state index is 13.0. The van der Waals surface area contributed by atoms with Crippen molar-refractivity contribution < 1.29 is 4.39 Å². The first-order valence-electron chi connectivity index (χ1n) is 4.63. The maximum Gasteiger partial charge on any atom is 0.123 e.